The van der Waals surface area contributed by atoms with Gasteiger partial charge in [0.05, 0.1) is 0 Å². The maximum Gasteiger partial charge on any atom is 0.133 e. The van der Waals surface area contributed by atoms with Crippen LogP contribution >= 0.6 is 0 Å². The van der Waals surface area contributed by atoms with Crippen LogP contribution in [0.2, 0.25) is 0 Å². The highest BCUT2D eigenvalue weighted by Gasteiger charge is 2.16. The monoisotopic (exact) mass is 158 g/mol. The quantitative estimate of drug-likeness (QED) is 0.508. The summed E-state index contributed by atoms with van der Waals surface area (Å²) in [6.45, 7) is 4.03. The molecular formula is C10H10N2. The minimum atomic E-state index is 0.282. The van der Waals surface area contributed by atoms with Crippen LogP contribution in [0.1, 0.15) is 26.7 Å². The third-order valence-electron chi connectivity index (χ3n) is 2.37. The fourth-order valence-corrected chi connectivity index (χ4v) is 1.42. The summed E-state index contributed by atoms with van der Waals surface area (Å²) < 4.78 is 0. The molecule has 0 bridgehead atoms. The Morgan fingerprint density at radius 1 is 1.17 bits per heavy atom. The highest BCUT2D eigenvalue weighted by Crippen LogP contribution is 2.32. The predicted octanol–water partition coefficient (Wildman–Crippen LogP) is 2.46. The van der Waals surface area contributed by atoms with Gasteiger partial charge >= 0.3 is 0 Å². The van der Waals surface area contributed by atoms with Crippen LogP contribution in [0.3, 0.4) is 0 Å². The Kier molecular flexibility index (Phi) is 2.31. The van der Waals surface area contributed by atoms with Crippen molar-refractivity contribution in [2.24, 2.45) is 0 Å². The van der Waals surface area contributed by atoms with E-state index in [1.165, 1.54) is 5.57 Å². The summed E-state index contributed by atoms with van der Waals surface area (Å²) in [6, 6.07) is 3.86. The zero-order valence-corrected chi connectivity index (χ0v) is 7.31. The first kappa shape index (κ1) is 8.56. The van der Waals surface area contributed by atoms with E-state index >= 15 is 0 Å². The molecule has 0 radical (unpaired) electrons. The summed E-state index contributed by atoms with van der Waals surface area (Å²) in [5, 5.41) is 17.3. The average Bonchev–Trinajstić information content (AvgIpc) is 2.38. The summed E-state index contributed by atoms with van der Waals surface area (Å²) >= 11 is 0. The van der Waals surface area contributed by atoms with E-state index in [0.717, 1.165) is 24.0 Å². The van der Waals surface area contributed by atoms with Gasteiger partial charge in [-0.2, -0.15) is 10.5 Å². The number of rotatable bonds is 0. The molecule has 60 valence electrons. The summed E-state index contributed by atoms with van der Waals surface area (Å²) in [5.41, 5.74) is 3.66. The third kappa shape index (κ3) is 1.24. The number of allylic oxidation sites excluding steroid dienone is 4. The lowest BCUT2D eigenvalue weighted by molar-refractivity contribution is 1.00. The van der Waals surface area contributed by atoms with Gasteiger partial charge in [0.15, 0.2) is 0 Å². The van der Waals surface area contributed by atoms with Gasteiger partial charge in [-0.15, -0.1) is 0 Å². The molecule has 1 rings (SSSR count). The van der Waals surface area contributed by atoms with Crippen molar-refractivity contribution in [2.45, 2.75) is 26.7 Å². The molecule has 0 aliphatic heterocycles. The molecule has 2 nitrogen and oxygen atoms in total. The van der Waals surface area contributed by atoms with Crippen molar-refractivity contribution in [1.29, 1.82) is 10.5 Å². The van der Waals surface area contributed by atoms with Gasteiger partial charge in [0.25, 0.3) is 0 Å². The second-order valence-corrected chi connectivity index (χ2v) is 2.98. The second kappa shape index (κ2) is 3.24. The first-order chi connectivity index (χ1) is 5.70. The fourth-order valence-electron chi connectivity index (χ4n) is 1.42. The maximum atomic E-state index is 8.64. The summed E-state index contributed by atoms with van der Waals surface area (Å²) in [4.78, 5) is 0. The van der Waals surface area contributed by atoms with Crippen molar-refractivity contribution in [2.75, 3.05) is 0 Å². The molecule has 0 saturated heterocycles. The first-order valence-electron chi connectivity index (χ1n) is 3.90. The van der Waals surface area contributed by atoms with Crippen molar-refractivity contribution in [3.05, 3.63) is 22.3 Å². The molecule has 1 aliphatic rings. The van der Waals surface area contributed by atoms with Gasteiger partial charge in [0, 0.05) is 0 Å². The molecule has 0 aromatic rings. The van der Waals surface area contributed by atoms with Gasteiger partial charge in [-0.05, 0) is 37.8 Å². The Balaban J connectivity index is 3.18. The van der Waals surface area contributed by atoms with Gasteiger partial charge < -0.3 is 0 Å². The number of nitrogens with zero attached hydrogens (tertiary/aromatic N) is 2. The van der Waals surface area contributed by atoms with Crippen molar-refractivity contribution < 1.29 is 0 Å². The Bertz CT molecular complexity index is 329. The molecule has 0 N–H and O–H groups in total. The van der Waals surface area contributed by atoms with Crippen LogP contribution in [-0.2, 0) is 0 Å². The van der Waals surface area contributed by atoms with Crippen molar-refractivity contribution in [3.8, 4) is 12.1 Å². The topological polar surface area (TPSA) is 47.6 Å². The molecule has 0 saturated carbocycles. The van der Waals surface area contributed by atoms with Crippen LogP contribution in [-0.4, -0.2) is 0 Å². The summed E-state index contributed by atoms with van der Waals surface area (Å²) in [6.07, 6.45) is 1.85. The molecule has 0 aromatic heterocycles. The Morgan fingerprint density at radius 3 is 2.08 bits per heavy atom. The zero-order valence-electron chi connectivity index (χ0n) is 7.31. The van der Waals surface area contributed by atoms with Gasteiger partial charge in [-0.25, -0.2) is 0 Å². The highest BCUT2D eigenvalue weighted by molar-refractivity contribution is 5.52. The van der Waals surface area contributed by atoms with Crippen LogP contribution in [0.15, 0.2) is 22.3 Å². The van der Waals surface area contributed by atoms with Gasteiger partial charge in [-0.3, -0.25) is 0 Å². The molecule has 0 fully saturated rings. The van der Waals surface area contributed by atoms with E-state index in [0.29, 0.717) is 0 Å². The van der Waals surface area contributed by atoms with Crippen molar-refractivity contribution >= 4 is 0 Å². The summed E-state index contributed by atoms with van der Waals surface area (Å²) in [5.74, 6) is 0. The van der Waals surface area contributed by atoms with Crippen LogP contribution in [0.4, 0.5) is 0 Å². The fraction of sp³-hybridized carbons (Fsp3) is 0.400. The maximum absolute atomic E-state index is 8.64. The van der Waals surface area contributed by atoms with E-state index in [9.17, 15) is 0 Å². The molecule has 1 aliphatic carbocycles. The van der Waals surface area contributed by atoms with Crippen LogP contribution in [0.5, 0.6) is 0 Å². The number of hydrogen-bond acceptors (Lipinski definition) is 2. The molecular weight excluding hydrogens is 148 g/mol. The molecule has 12 heavy (non-hydrogen) atoms. The van der Waals surface area contributed by atoms with Crippen LogP contribution < -0.4 is 0 Å². The van der Waals surface area contributed by atoms with Gasteiger partial charge in [0.1, 0.15) is 17.7 Å². The second-order valence-electron chi connectivity index (χ2n) is 2.98. The van der Waals surface area contributed by atoms with E-state index in [-0.39, 0.29) is 5.57 Å². The van der Waals surface area contributed by atoms with E-state index in [4.69, 9.17) is 10.5 Å². The third-order valence-corrected chi connectivity index (χ3v) is 2.37. The zero-order chi connectivity index (χ0) is 9.14. The van der Waals surface area contributed by atoms with Crippen LogP contribution in [0.25, 0.3) is 0 Å². The minimum absolute atomic E-state index is 0.282. The first-order valence-corrected chi connectivity index (χ1v) is 3.90. The standard InChI is InChI=1S/C10H10N2/c1-7-3-4-10(8(7)2)9(5-11)6-12/h3-4H2,1-2H3. The molecule has 0 heterocycles. The van der Waals surface area contributed by atoms with E-state index in [1.807, 2.05) is 19.1 Å². The Hall–Kier alpha value is -1.54. The smallest absolute Gasteiger partial charge is 0.133 e. The highest BCUT2D eigenvalue weighted by atomic mass is 14.3. The van der Waals surface area contributed by atoms with Crippen LogP contribution in [0, 0.1) is 22.7 Å². The molecule has 0 aromatic carbocycles. The lowest BCUT2D eigenvalue weighted by Gasteiger charge is -1.97. The number of nitriles is 2. The van der Waals surface area contributed by atoms with Crippen molar-refractivity contribution in [3.63, 3.8) is 0 Å². The van der Waals surface area contributed by atoms with Crippen molar-refractivity contribution in [1.82, 2.24) is 0 Å². The molecule has 2 heteroatoms. The molecule has 0 unspecified atom stereocenters. The average molecular weight is 158 g/mol. The largest absolute Gasteiger partial charge is 0.192 e. The van der Waals surface area contributed by atoms with E-state index in [1.54, 1.807) is 0 Å². The lowest BCUT2D eigenvalue weighted by Crippen LogP contribution is -1.84. The lowest BCUT2D eigenvalue weighted by atomic mass is 10.0. The molecule has 0 spiro atoms. The summed E-state index contributed by atoms with van der Waals surface area (Å²) in [7, 11) is 0. The van der Waals surface area contributed by atoms with Gasteiger partial charge in [0.2, 0.25) is 0 Å². The van der Waals surface area contributed by atoms with Gasteiger partial charge in [-0.1, -0.05) is 5.57 Å². The molecule has 0 atom stereocenters. The number of hydrogen-bond donors (Lipinski definition) is 0. The predicted molar refractivity (Wildman–Crippen MR) is 45.9 cm³/mol. The minimum Gasteiger partial charge on any atom is -0.192 e. The SMILES string of the molecule is CC1=C(C)C(=C(C#N)C#N)CC1. The van der Waals surface area contributed by atoms with E-state index < -0.39 is 0 Å². The normalized spacial score (nSPS) is 15.8. The van der Waals surface area contributed by atoms with E-state index in [2.05, 4.69) is 6.92 Å². The molecule has 0 amide bonds. The Morgan fingerprint density at radius 2 is 1.75 bits per heavy atom. The Labute approximate surface area is 72.4 Å².